The third-order valence-electron chi connectivity index (χ3n) is 4.91. The Balaban J connectivity index is 1.65. The van der Waals surface area contributed by atoms with Crippen LogP contribution in [0.4, 0.5) is 0 Å². The minimum atomic E-state index is -0.705. The number of hydrogen-bond acceptors (Lipinski definition) is 3. The third kappa shape index (κ3) is 3.46. The molecule has 1 aromatic rings. The molecule has 5 heteroatoms. The SMILES string of the molecule is Cn1nc(CNC2(CC(=O)O)CCCCC2)cc1C1CC1. The minimum absolute atomic E-state index is 0.218. The monoisotopic (exact) mass is 291 g/mol. The number of aromatic nitrogens is 2. The Morgan fingerprint density at radius 1 is 1.43 bits per heavy atom. The molecule has 0 spiro atoms. The number of hydrogen-bond donors (Lipinski definition) is 2. The summed E-state index contributed by atoms with van der Waals surface area (Å²) in [7, 11) is 2.00. The summed E-state index contributed by atoms with van der Waals surface area (Å²) in [5.74, 6) is -0.0111. The minimum Gasteiger partial charge on any atom is -0.481 e. The molecule has 0 amide bonds. The van der Waals surface area contributed by atoms with E-state index in [1.807, 2.05) is 11.7 Å². The predicted molar refractivity (Wildman–Crippen MR) is 80.1 cm³/mol. The van der Waals surface area contributed by atoms with Gasteiger partial charge in [-0.1, -0.05) is 19.3 Å². The van der Waals surface area contributed by atoms with Crippen molar-refractivity contribution in [2.45, 2.75) is 69.4 Å². The molecule has 5 nitrogen and oxygen atoms in total. The van der Waals surface area contributed by atoms with Crippen molar-refractivity contribution in [3.05, 3.63) is 17.5 Å². The molecule has 2 fully saturated rings. The molecule has 0 bridgehead atoms. The van der Waals surface area contributed by atoms with E-state index in [9.17, 15) is 9.90 Å². The summed E-state index contributed by atoms with van der Waals surface area (Å²) in [6, 6.07) is 2.18. The van der Waals surface area contributed by atoms with Crippen LogP contribution in [0.15, 0.2) is 6.07 Å². The Labute approximate surface area is 125 Å². The number of aryl methyl sites for hydroxylation is 1. The van der Waals surface area contributed by atoms with Crippen LogP contribution in [-0.4, -0.2) is 26.4 Å². The van der Waals surface area contributed by atoms with Crippen molar-refractivity contribution in [1.29, 1.82) is 0 Å². The zero-order valence-corrected chi connectivity index (χ0v) is 12.8. The fraction of sp³-hybridized carbons (Fsp3) is 0.750. The lowest BCUT2D eigenvalue weighted by Gasteiger charge is -2.37. The van der Waals surface area contributed by atoms with Gasteiger partial charge in [0.25, 0.3) is 0 Å². The lowest BCUT2D eigenvalue weighted by molar-refractivity contribution is -0.139. The van der Waals surface area contributed by atoms with Gasteiger partial charge in [0, 0.05) is 30.7 Å². The summed E-state index contributed by atoms with van der Waals surface area (Å²) < 4.78 is 1.99. The predicted octanol–water partition coefficient (Wildman–Crippen LogP) is 2.56. The van der Waals surface area contributed by atoms with Crippen LogP contribution in [0, 0.1) is 0 Å². The van der Waals surface area contributed by atoms with Crippen LogP contribution in [-0.2, 0) is 18.4 Å². The van der Waals surface area contributed by atoms with Gasteiger partial charge in [0.05, 0.1) is 12.1 Å². The Hall–Kier alpha value is -1.36. The summed E-state index contributed by atoms with van der Waals surface area (Å²) in [4.78, 5) is 11.2. The summed E-state index contributed by atoms with van der Waals surface area (Å²) in [5.41, 5.74) is 2.12. The molecule has 116 valence electrons. The average molecular weight is 291 g/mol. The Kier molecular flexibility index (Phi) is 4.02. The fourth-order valence-corrected chi connectivity index (χ4v) is 3.60. The smallest absolute Gasteiger partial charge is 0.305 e. The van der Waals surface area contributed by atoms with Gasteiger partial charge < -0.3 is 10.4 Å². The van der Waals surface area contributed by atoms with Crippen LogP contribution in [0.3, 0.4) is 0 Å². The topological polar surface area (TPSA) is 67.2 Å². The third-order valence-corrected chi connectivity index (χ3v) is 4.91. The first kappa shape index (κ1) is 14.6. The molecule has 0 saturated heterocycles. The zero-order valence-electron chi connectivity index (χ0n) is 12.8. The highest BCUT2D eigenvalue weighted by Crippen LogP contribution is 2.40. The van der Waals surface area contributed by atoms with Crippen molar-refractivity contribution in [2.24, 2.45) is 7.05 Å². The summed E-state index contributed by atoms with van der Waals surface area (Å²) in [6.07, 6.45) is 8.15. The van der Waals surface area contributed by atoms with E-state index in [1.54, 1.807) is 0 Å². The van der Waals surface area contributed by atoms with Crippen molar-refractivity contribution >= 4 is 5.97 Å². The van der Waals surface area contributed by atoms with Crippen LogP contribution in [0.1, 0.15) is 68.7 Å². The van der Waals surface area contributed by atoms with Gasteiger partial charge in [-0.15, -0.1) is 0 Å². The second-order valence-corrected chi connectivity index (χ2v) is 6.72. The highest BCUT2D eigenvalue weighted by atomic mass is 16.4. The molecule has 21 heavy (non-hydrogen) atoms. The molecule has 0 aromatic carbocycles. The number of carboxylic acids is 1. The van der Waals surface area contributed by atoms with Crippen molar-refractivity contribution in [3.8, 4) is 0 Å². The summed E-state index contributed by atoms with van der Waals surface area (Å²) in [6.45, 7) is 0.674. The lowest BCUT2D eigenvalue weighted by Crippen LogP contribution is -2.48. The zero-order chi connectivity index (χ0) is 14.9. The second-order valence-electron chi connectivity index (χ2n) is 6.72. The van der Waals surface area contributed by atoms with Crippen LogP contribution in [0.25, 0.3) is 0 Å². The number of carboxylic acid groups (broad SMARTS) is 1. The lowest BCUT2D eigenvalue weighted by atomic mass is 9.79. The largest absolute Gasteiger partial charge is 0.481 e. The van der Waals surface area contributed by atoms with Crippen LogP contribution < -0.4 is 5.32 Å². The summed E-state index contributed by atoms with van der Waals surface area (Å²) in [5, 5.41) is 17.3. The van der Waals surface area contributed by atoms with E-state index in [0.717, 1.165) is 31.4 Å². The van der Waals surface area contributed by atoms with Crippen LogP contribution >= 0.6 is 0 Å². The van der Waals surface area contributed by atoms with E-state index in [1.165, 1.54) is 25.0 Å². The van der Waals surface area contributed by atoms with Crippen molar-refractivity contribution in [2.75, 3.05) is 0 Å². The van der Waals surface area contributed by atoms with Crippen molar-refractivity contribution in [1.82, 2.24) is 15.1 Å². The molecule has 2 aliphatic carbocycles. The molecule has 0 unspecified atom stereocenters. The molecule has 1 heterocycles. The maximum atomic E-state index is 11.2. The van der Waals surface area contributed by atoms with E-state index >= 15 is 0 Å². The number of rotatable bonds is 6. The van der Waals surface area contributed by atoms with E-state index in [0.29, 0.717) is 12.5 Å². The Morgan fingerprint density at radius 3 is 2.76 bits per heavy atom. The highest BCUT2D eigenvalue weighted by Gasteiger charge is 2.34. The van der Waals surface area contributed by atoms with Gasteiger partial charge in [-0.2, -0.15) is 5.10 Å². The van der Waals surface area contributed by atoms with Gasteiger partial charge in [-0.25, -0.2) is 0 Å². The molecule has 3 rings (SSSR count). The first-order valence-electron chi connectivity index (χ1n) is 8.08. The van der Waals surface area contributed by atoms with Gasteiger partial charge in [0.1, 0.15) is 0 Å². The molecule has 0 aliphatic heterocycles. The molecular formula is C16H25N3O2. The molecular weight excluding hydrogens is 266 g/mol. The molecule has 1 aromatic heterocycles. The van der Waals surface area contributed by atoms with Crippen LogP contribution in [0.5, 0.6) is 0 Å². The number of aliphatic carboxylic acids is 1. The quantitative estimate of drug-likeness (QED) is 0.845. The van der Waals surface area contributed by atoms with Gasteiger partial charge in [0.15, 0.2) is 0 Å². The van der Waals surface area contributed by atoms with E-state index in [2.05, 4.69) is 16.5 Å². The molecule has 0 radical (unpaired) electrons. The molecule has 2 saturated carbocycles. The van der Waals surface area contributed by atoms with Crippen molar-refractivity contribution in [3.63, 3.8) is 0 Å². The fourth-order valence-electron chi connectivity index (χ4n) is 3.60. The van der Waals surface area contributed by atoms with E-state index in [-0.39, 0.29) is 12.0 Å². The number of nitrogens with zero attached hydrogens (tertiary/aromatic N) is 2. The normalized spacial score (nSPS) is 21.4. The van der Waals surface area contributed by atoms with Gasteiger partial charge >= 0.3 is 5.97 Å². The standard InChI is InChI=1S/C16H25N3O2/c1-19-14(12-5-6-12)9-13(18-19)11-17-16(10-15(20)21)7-3-2-4-8-16/h9,12,17H,2-8,10-11H2,1H3,(H,20,21). The van der Waals surface area contributed by atoms with E-state index in [4.69, 9.17) is 0 Å². The van der Waals surface area contributed by atoms with Gasteiger partial charge in [-0.05, 0) is 31.7 Å². The van der Waals surface area contributed by atoms with Gasteiger partial charge in [0.2, 0.25) is 0 Å². The Morgan fingerprint density at radius 2 is 2.14 bits per heavy atom. The average Bonchev–Trinajstić information content (AvgIpc) is 3.21. The van der Waals surface area contributed by atoms with Gasteiger partial charge in [-0.3, -0.25) is 9.48 Å². The number of nitrogens with one attached hydrogen (secondary N) is 1. The molecule has 2 aliphatic rings. The van der Waals surface area contributed by atoms with Crippen LogP contribution in [0.2, 0.25) is 0 Å². The first-order chi connectivity index (χ1) is 10.1. The van der Waals surface area contributed by atoms with Crippen molar-refractivity contribution < 1.29 is 9.90 Å². The highest BCUT2D eigenvalue weighted by molar-refractivity contribution is 5.68. The Bertz CT molecular complexity index is 514. The number of carbonyl (C=O) groups is 1. The maximum Gasteiger partial charge on any atom is 0.305 e. The molecule has 2 N–H and O–H groups in total. The molecule has 0 atom stereocenters. The first-order valence-corrected chi connectivity index (χ1v) is 8.08. The summed E-state index contributed by atoms with van der Waals surface area (Å²) >= 11 is 0. The van der Waals surface area contributed by atoms with E-state index < -0.39 is 5.97 Å². The second kappa shape index (κ2) is 5.79. The maximum absolute atomic E-state index is 11.2.